The monoisotopic (exact) mass is 212 g/mol. The zero-order chi connectivity index (χ0) is 10.1. The molecule has 0 spiro atoms. The van der Waals surface area contributed by atoms with Crippen molar-refractivity contribution < 1.29 is 5.11 Å². The van der Waals surface area contributed by atoms with Gasteiger partial charge in [0.1, 0.15) is 5.01 Å². The highest BCUT2D eigenvalue weighted by atomic mass is 32.1. The maximum Gasteiger partial charge on any atom is 0.113 e. The van der Waals surface area contributed by atoms with E-state index >= 15 is 0 Å². The summed E-state index contributed by atoms with van der Waals surface area (Å²) in [6, 6.07) is -0.314. The van der Waals surface area contributed by atoms with Crippen molar-refractivity contribution in [2.45, 2.75) is 44.8 Å². The highest BCUT2D eigenvalue weighted by Crippen LogP contribution is 2.29. The zero-order valence-corrected chi connectivity index (χ0v) is 9.18. The maximum atomic E-state index is 9.38. The molecule has 1 heterocycles. The van der Waals surface area contributed by atoms with Crippen LogP contribution in [0.3, 0.4) is 0 Å². The van der Waals surface area contributed by atoms with Crippen molar-refractivity contribution in [3.8, 4) is 0 Å². The normalized spacial score (nSPS) is 20.2. The second kappa shape index (κ2) is 3.96. The highest BCUT2D eigenvalue weighted by Gasteiger charge is 2.20. The second-order valence-electron chi connectivity index (χ2n) is 3.90. The molecule has 0 amide bonds. The van der Waals surface area contributed by atoms with Gasteiger partial charge < -0.3 is 10.8 Å². The average molecular weight is 212 g/mol. The zero-order valence-electron chi connectivity index (χ0n) is 8.36. The van der Waals surface area contributed by atoms with Crippen LogP contribution in [-0.4, -0.2) is 16.2 Å². The van der Waals surface area contributed by atoms with Crippen LogP contribution in [0, 0.1) is 0 Å². The SMILES string of the molecule is CC(O)C(N)c1nc2c(s1)CCCC2. The summed E-state index contributed by atoms with van der Waals surface area (Å²) in [5, 5.41) is 10.3. The van der Waals surface area contributed by atoms with E-state index in [4.69, 9.17) is 5.73 Å². The van der Waals surface area contributed by atoms with Gasteiger partial charge in [0.2, 0.25) is 0 Å². The Morgan fingerprint density at radius 3 is 2.79 bits per heavy atom. The van der Waals surface area contributed by atoms with E-state index in [0.29, 0.717) is 0 Å². The van der Waals surface area contributed by atoms with Crippen molar-refractivity contribution in [3.05, 3.63) is 15.6 Å². The van der Waals surface area contributed by atoms with Gasteiger partial charge >= 0.3 is 0 Å². The predicted octanol–water partition coefficient (Wildman–Crippen LogP) is 1.40. The number of aliphatic hydroxyl groups excluding tert-OH is 1. The van der Waals surface area contributed by atoms with E-state index in [1.807, 2.05) is 0 Å². The predicted molar refractivity (Wildman–Crippen MR) is 57.4 cm³/mol. The van der Waals surface area contributed by atoms with E-state index in [1.165, 1.54) is 23.4 Å². The average Bonchev–Trinajstić information content (AvgIpc) is 2.59. The van der Waals surface area contributed by atoms with Gasteiger partial charge in [-0.2, -0.15) is 0 Å². The van der Waals surface area contributed by atoms with Crippen LogP contribution in [0.25, 0.3) is 0 Å². The number of nitrogens with zero attached hydrogens (tertiary/aromatic N) is 1. The van der Waals surface area contributed by atoms with Crippen molar-refractivity contribution in [2.75, 3.05) is 0 Å². The molecule has 2 unspecified atom stereocenters. The Morgan fingerprint density at radius 2 is 2.14 bits per heavy atom. The number of aliphatic hydroxyl groups is 1. The van der Waals surface area contributed by atoms with Crippen LogP contribution in [0.4, 0.5) is 0 Å². The number of nitrogens with two attached hydrogens (primary N) is 1. The Balaban J connectivity index is 2.23. The Morgan fingerprint density at radius 1 is 1.43 bits per heavy atom. The molecule has 0 radical (unpaired) electrons. The largest absolute Gasteiger partial charge is 0.391 e. The van der Waals surface area contributed by atoms with Crippen LogP contribution in [0.1, 0.15) is 41.4 Å². The van der Waals surface area contributed by atoms with Crippen LogP contribution >= 0.6 is 11.3 Å². The van der Waals surface area contributed by atoms with E-state index < -0.39 is 6.10 Å². The molecule has 0 bridgehead atoms. The van der Waals surface area contributed by atoms with Crippen LogP contribution in [-0.2, 0) is 12.8 Å². The fourth-order valence-electron chi connectivity index (χ4n) is 1.72. The Hall–Kier alpha value is -0.450. The molecule has 78 valence electrons. The molecule has 2 rings (SSSR count). The molecule has 3 N–H and O–H groups in total. The number of hydrogen-bond acceptors (Lipinski definition) is 4. The molecule has 1 aliphatic carbocycles. The van der Waals surface area contributed by atoms with Gasteiger partial charge in [-0.25, -0.2) is 4.98 Å². The van der Waals surface area contributed by atoms with Gasteiger partial charge in [-0.1, -0.05) is 0 Å². The third kappa shape index (κ3) is 1.82. The summed E-state index contributed by atoms with van der Waals surface area (Å²) in [6.07, 6.45) is 4.21. The molecule has 3 nitrogen and oxygen atoms in total. The Kier molecular flexibility index (Phi) is 2.85. The summed E-state index contributed by atoms with van der Waals surface area (Å²) in [5.74, 6) is 0. The molecule has 0 aliphatic heterocycles. The molecule has 1 aromatic rings. The Bertz CT molecular complexity index is 298. The van der Waals surface area contributed by atoms with Gasteiger partial charge in [-0.15, -0.1) is 11.3 Å². The van der Waals surface area contributed by atoms with Gasteiger partial charge in [0, 0.05) is 4.88 Å². The van der Waals surface area contributed by atoms with Crippen molar-refractivity contribution in [3.63, 3.8) is 0 Å². The van der Waals surface area contributed by atoms with Gasteiger partial charge in [0.15, 0.2) is 0 Å². The summed E-state index contributed by atoms with van der Waals surface area (Å²) in [6.45, 7) is 1.71. The minimum absolute atomic E-state index is 0.314. The summed E-state index contributed by atoms with van der Waals surface area (Å²) in [5.41, 5.74) is 7.06. The van der Waals surface area contributed by atoms with Crippen LogP contribution < -0.4 is 5.73 Å². The van der Waals surface area contributed by atoms with E-state index in [1.54, 1.807) is 18.3 Å². The number of rotatable bonds is 2. The first-order chi connectivity index (χ1) is 6.68. The summed E-state index contributed by atoms with van der Waals surface area (Å²) >= 11 is 1.68. The number of fused-ring (bicyclic) bond motifs is 1. The van der Waals surface area contributed by atoms with Crippen LogP contribution in [0.15, 0.2) is 0 Å². The Labute approximate surface area is 88.0 Å². The molecule has 4 heteroatoms. The highest BCUT2D eigenvalue weighted by molar-refractivity contribution is 7.11. The summed E-state index contributed by atoms with van der Waals surface area (Å²) in [4.78, 5) is 5.88. The molecular weight excluding hydrogens is 196 g/mol. The minimum Gasteiger partial charge on any atom is -0.391 e. The van der Waals surface area contributed by atoms with Crippen LogP contribution in [0.2, 0.25) is 0 Å². The lowest BCUT2D eigenvalue weighted by Crippen LogP contribution is -2.22. The number of aryl methyl sites for hydroxylation is 2. The van der Waals surface area contributed by atoms with Crippen molar-refractivity contribution >= 4 is 11.3 Å². The molecule has 1 aliphatic rings. The fraction of sp³-hybridized carbons (Fsp3) is 0.700. The molecule has 2 atom stereocenters. The van der Waals surface area contributed by atoms with E-state index in [-0.39, 0.29) is 6.04 Å². The standard InChI is InChI=1S/C10H16N2OS/c1-6(13)9(11)10-12-7-4-2-3-5-8(7)14-10/h6,9,13H,2-5,11H2,1H3. The third-order valence-electron chi connectivity index (χ3n) is 2.67. The first kappa shape index (κ1) is 10.1. The van der Waals surface area contributed by atoms with Crippen molar-refractivity contribution in [2.24, 2.45) is 5.73 Å². The van der Waals surface area contributed by atoms with E-state index in [9.17, 15) is 5.11 Å². The first-order valence-electron chi connectivity index (χ1n) is 5.10. The number of thiazole rings is 1. The van der Waals surface area contributed by atoms with Gasteiger partial charge in [0.25, 0.3) is 0 Å². The number of aromatic nitrogens is 1. The lowest BCUT2D eigenvalue weighted by Gasteiger charge is -2.10. The van der Waals surface area contributed by atoms with E-state index in [0.717, 1.165) is 17.8 Å². The van der Waals surface area contributed by atoms with Crippen molar-refractivity contribution in [1.29, 1.82) is 0 Å². The fourth-order valence-corrected chi connectivity index (χ4v) is 2.97. The molecule has 0 saturated carbocycles. The van der Waals surface area contributed by atoms with Gasteiger partial charge in [0.05, 0.1) is 17.8 Å². The quantitative estimate of drug-likeness (QED) is 0.779. The third-order valence-corrected chi connectivity index (χ3v) is 3.93. The smallest absolute Gasteiger partial charge is 0.113 e. The molecular formula is C10H16N2OS. The van der Waals surface area contributed by atoms with Gasteiger partial charge in [-0.05, 0) is 32.6 Å². The first-order valence-corrected chi connectivity index (χ1v) is 5.92. The minimum atomic E-state index is -0.511. The van der Waals surface area contributed by atoms with Gasteiger partial charge in [-0.3, -0.25) is 0 Å². The lowest BCUT2D eigenvalue weighted by atomic mass is 10.0. The second-order valence-corrected chi connectivity index (χ2v) is 5.01. The summed E-state index contributed by atoms with van der Waals surface area (Å²) in [7, 11) is 0. The lowest BCUT2D eigenvalue weighted by molar-refractivity contribution is 0.164. The molecule has 14 heavy (non-hydrogen) atoms. The van der Waals surface area contributed by atoms with Crippen molar-refractivity contribution in [1.82, 2.24) is 4.98 Å². The molecule has 0 saturated heterocycles. The summed E-state index contributed by atoms with van der Waals surface area (Å²) < 4.78 is 0. The molecule has 1 aromatic heterocycles. The topological polar surface area (TPSA) is 59.1 Å². The maximum absolute atomic E-state index is 9.38. The number of hydrogen-bond donors (Lipinski definition) is 2. The molecule has 0 aromatic carbocycles. The van der Waals surface area contributed by atoms with E-state index in [2.05, 4.69) is 4.98 Å². The molecule has 0 fully saturated rings. The van der Waals surface area contributed by atoms with Crippen LogP contribution in [0.5, 0.6) is 0 Å².